The zero-order chi connectivity index (χ0) is 85.8. The number of amides is 5. The third-order valence-corrected chi connectivity index (χ3v) is 26.6. The number of nitrogens with one attached hydrogen (secondary N) is 1. The molecule has 5 aromatic carbocycles. The summed E-state index contributed by atoms with van der Waals surface area (Å²) < 4.78 is 69.4. The summed E-state index contributed by atoms with van der Waals surface area (Å²) in [6, 6.07) is 59.8. The molecule has 0 atom stereocenters. The summed E-state index contributed by atoms with van der Waals surface area (Å²) in [5.74, 6) is 3.38. The van der Waals surface area contributed by atoms with Crippen molar-refractivity contribution >= 4 is 118 Å². The van der Waals surface area contributed by atoms with E-state index < -0.39 is 0 Å². The number of Topliss-reactive ketones (excluding diaryl/α,β-unsaturated/α-hetero) is 1. The molecule has 8 heterocycles. The normalized spacial score (nSPS) is 13.7. The molecule has 13 aromatic rings. The number of ether oxygens (including phenoxy) is 3. The molecule has 8 aromatic heterocycles. The zero-order valence-corrected chi connectivity index (χ0v) is 74.4. The molecular weight excluding hydrogens is 1760 g/mol. The van der Waals surface area contributed by atoms with Crippen LogP contribution in [0, 0.1) is 11.6 Å². The SMILES string of the molecule is CC(=O)c1cc(C(=O)Nc2cccc(COC3CCCCC3)c2)n(C)c1.COc1ccc(CN(C)C(=O)c2cc(Br)c(Br)s2)c(OC)c1.O=C(c1ccc(-c2ccc(F)cc2)s1)N(Cc1ccco1)C1CC1.O=C(c1ccc(-c2ccccc2Cl)o1)N(Cc1cccs1)C1CC1.O=C(c1ccc(-c2ccccc2F)o1)N(Cc1ccco1)C1CCCC1. The second kappa shape index (κ2) is 42.9. The molecule has 0 unspecified atom stereocenters. The number of furan rings is 4. The Labute approximate surface area is 741 Å². The quantitative estimate of drug-likeness (QED) is 0.0500. The van der Waals surface area contributed by atoms with Crippen LogP contribution in [0.2, 0.25) is 5.02 Å². The van der Waals surface area contributed by atoms with Gasteiger partial charge in [-0.2, -0.15) is 0 Å². The van der Waals surface area contributed by atoms with Crippen LogP contribution >= 0.6 is 77.5 Å². The number of hydrogen-bond donors (Lipinski definition) is 1. The van der Waals surface area contributed by atoms with Gasteiger partial charge in [-0.1, -0.05) is 98.3 Å². The van der Waals surface area contributed by atoms with Gasteiger partial charge in [0.25, 0.3) is 29.5 Å². The van der Waals surface area contributed by atoms with Crippen molar-refractivity contribution in [3.8, 4) is 44.6 Å². The average Bonchev–Trinajstić information content (AvgIpc) is 1.65. The van der Waals surface area contributed by atoms with Crippen molar-refractivity contribution in [1.82, 2.24) is 24.2 Å². The van der Waals surface area contributed by atoms with Crippen molar-refractivity contribution in [2.75, 3.05) is 26.6 Å². The predicted octanol–water partition coefficient (Wildman–Crippen LogP) is 24.6. The first-order valence-electron chi connectivity index (χ1n) is 40.3. The lowest BCUT2D eigenvalue weighted by Gasteiger charge is -2.27. The van der Waals surface area contributed by atoms with Crippen molar-refractivity contribution in [1.29, 1.82) is 0 Å². The molecule has 4 saturated carbocycles. The largest absolute Gasteiger partial charge is 0.497 e. The van der Waals surface area contributed by atoms with Crippen molar-refractivity contribution in [2.45, 2.75) is 147 Å². The molecule has 634 valence electrons. The van der Waals surface area contributed by atoms with Crippen molar-refractivity contribution < 1.29 is 69.4 Å². The van der Waals surface area contributed by atoms with Crippen LogP contribution in [-0.4, -0.2) is 105 Å². The van der Waals surface area contributed by atoms with Gasteiger partial charge in [-0.05, 0) is 246 Å². The number of aromatic nitrogens is 1. The molecule has 1 N–H and O–H groups in total. The zero-order valence-electron chi connectivity index (χ0n) is 68.1. The Bertz CT molecular complexity index is 5630. The van der Waals surface area contributed by atoms with Crippen LogP contribution in [0.1, 0.15) is 179 Å². The monoisotopic (exact) mass is 1850 g/mol. The average molecular weight is 1860 g/mol. The van der Waals surface area contributed by atoms with Crippen LogP contribution in [0.3, 0.4) is 0 Å². The molecule has 19 nitrogen and oxygen atoms in total. The summed E-state index contributed by atoms with van der Waals surface area (Å²) in [6.45, 7) is 4.06. The van der Waals surface area contributed by atoms with E-state index in [2.05, 4.69) is 43.2 Å². The maximum atomic E-state index is 14.0. The van der Waals surface area contributed by atoms with Gasteiger partial charge in [0, 0.05) is 87.6 Å². The second-order valence-corrected chi connectivity index (χ2v) is 35.7. The summed E-state index contributed by atoms with van der Waals surface area (Å²) >= 11 is 17.5. The van der Waals surface area contributed by atoms with Gasteiger partial charge in [-0.15, -0.1) is 34.0 Å². The van der Waals surface area contributed by atoms with Gasteiger partial charge in [-0.25, -0.2) is 8.78 Å². The Morgan fingerprint density at radius 2 is 1.20 bits per heavy atom. The lowest BCUT2D eigenvalue weighted by molar-refractivity contribution is 0.0169. The number of anilines is 1. The number of aryl methyl sites for hydroxylation is 1. The van der Waals surface area contributed by atoms with E-state index in [0.29, 0.717) is 106 Å². The molecule has 0 radical (unpaired) electrons. The van der Waals surface area contributed by atoms with Gasteiger partial charge in [0.15, 0.2) is 17.3 Å². The first kappa shape index (κ1) is 89.1. The van der Waals surface area contributed by atoms with Gasteiger partial charge in [0.05, 0.1) is 83.2 Å². The van der Waals surface area contributed by atoms with E-state index in [1.54, 1.807) is 122 Å². The summed E-state index contributed by atoms with van der Waals surface area (Å²) in [7, 11) is 6.74. The number of benzene rings is 5. The molecule has 17 rings (SSSR count). The summed E-state index contributed by atoms with van der Waals surface area (Å²) in [4.78, 5) is 86.1. The van der Waals surface area contributed by atoms with Crippen molar-refractivity contribution in [3.05, 3.63) is 309 Å². The highest BCUT2D eigenvalue weighted by molar-refractivity contribution is 9.13. The van der Waals surface area contributed by atoms with E-state index in [1.807, 2.05) is 141 Å². The molecule has 0 saturated heterocycles. The minimum atomic E-state index is -0.371. The van der Waals surface area contributed by atoms with Crippen LogP contribution in [0.25, 0.3) is 33.1 Å². The molecule has 122 heavy (non-hydrogen) atoms. The van der Waals surface area contributed by atoms with E-state index in [0.717, 1.165) is 123 Å². The van der Waals surface area contributed by atoms with Gasteiger partial charge in [0.1, 0.15) is 51.9 Å². The molecule has 0 spiro atoms. The molecule has 4 aliphatic rings. The smallest absolute Gasteiger partial charge is 0.290 e. The minimum Gasteiger partial charge on any atom is -0.497 e. The minimum absolute atomic E-state index is 0.0331. The van der Waals surface area contributed by atoms with Crippen molar-refractivity contribution in [3.63, 3.8) is 0 Å². The number of carbonyl (C=O) groups excluding carboxylic acids is 6. The Morgan fingerprint density at radius 1 is 0.574 bits per heavy atom. The van der Waals surface area contributed by atoms with Crippen LogP contribution in [0.15, 0.2) is 250 Å². The van der Waals surface area contributed by atoms with E-state index >= 15 is 0 Å². The first-order chi connectivity index (χ1) is 59.1. The third kappa shape index (κ3) is 24.2. The van der Waals surface area contributed by atoms with Gasteiger partial charge in [0.2, 0.25) is 0 Å². The van der Waals surface area contributed by atoms with E-state index in [4.69, 9.17) is 43.5 Å². The second-order valence-electron chi connectivity index (χ2n) is 30.0. The van der Waals surface area contributed by atoms with E-state index in [-0.39, 0.29) is 58.8 Å². The molecule has 5 amide bonds. The molecule has 4 aliphatic carbocycles. The number of carbonyl (C=O) groups is 6. The fraction of sp³-hybridized carbons (Fsp3) is 0.284. The lowest BCUT2D eigenvalue weighted by atomic mass is 9.98. The van der Waals surface area contributed by atoms with Gasteiger partial charge in [-0.3, -0.25) is 28.8 Å². The van der Waals surface area contributed by atoms with Crippen LogP contribution in [0.5, 0.6) is 11.5 Å². The standard InChI is InChI=1S/C21H20FNO3.C21H26N2O3.C19H16ClNO2S.C19H16FNO2S.C15H15Br2NO3S/c22-18-10-4-3-9-17(18)19-11-12-20(26-19)21(24)23(15-6-1-2-7-15)14-16-8-5-13-25-16;1-15(24)17-12-20(23(2)13-17)21(25)22-18-8-6-7-16(11-18)14-26-19-9-4-3-5-10-19;20-16-6-2-1-5-15(16)17-9-10-18(23-17)19(22)21(13-7-8-13)12-14-4-3-11-24-14;20-14-5-3-13(4-6-14)17-9-10-18(24-17)19(22)21(15-7-8-15)12-16-2-1-11-23-16;1-18(15(19)13-7-11(16)14(17)22-13)8-9-4-5-10(20-2)6-12(9)21-3/h3-5,8-13,15H,1-2,6-7,14H2;6-8,11-13,19H,3-5,9-10,14H2,1-2H3,(H,22,25);1-6,9-11,13H,7-8,12H2;1-6,9-11,15H,7-8,12H2;4-7H,8H2,1-3H3. The lowest BCUT2D eigenvalue weighted by Crippen LogP contribution is -2.38. The van der Waals surface area contributed by atoms with E-state index in [9.17, 15) is 37.5 Å². The van der Waals surface area contributed by atoms with Crippen LogP contribution < -0.4 is 14.8 Å². The fourth-order valence-corrected chi connectivity index (χ4v) is 18.2. The van der Waals surface area contributed by atoms with Gasteiger partial charge < -0.3 is 61.4 Å². The third-order valence-electron chi connectivity index (χ3n) is 21.1. The van der Waals surface area contributed by atoms with Crippen LogP contribution in [0.4, 0.5) is 14.5 Å². The topological polar surface area (TPSA) is 213 Å². The maximum absolute atomic E-state index is 14.0. The molecular formula is C95H93Br2ClF2N6O13S3. The van der Waals surface area contributed by atoms with Crippen molar-refractivity contribution in [2.24, 2.45) is 7.05 Å². The number of hydrogen-bond acceptors (Lipinski definition) is 16. The number of thiophene rings is 3. The van der Waals surface area contributed by atoms with Gasteiger partial charge >= 0.3 is 0 Å². The molecule has 0 bridgehead atoms. The first-order valence-corrected chi connectivity index (χ1v) is 44.8. The Hall–Kier alpha value is -10.7. The fourth-order valence-electron chi connectivity index (χ4n) is 14.3. The molecule has 0 aliphatic heterocycles. The molecule has 27 heteroatoms. The summed E-state index contributed by atoms with van der Waals surface area (Å²) in [6.07, 6.45) is 19.8. The number of nitrogens with zero attached hydrogens (tertiary/aromatic N) is 5. The Balaban J connectivity index is 0.000000132. The van der Waals surface area contributed by atoms with Crippen LogP contribution in [-0.2, 0) is 44.6 Å². The highest BCUT2D eigenvalue weighted by Gasteiger charge is 2.37. The van der Waals surface area contributed by atoms with E-state index in [1.165, 1.54) is 71.9 Å². The summed E-state index contributed by atoms with van der Waals surface area (Å²) in [5.41, 5.74) is 5.76. The number of rotatable bonds is 26. The molecule has 4 fully saturated rings. The Kier molecular flexibility index (Phi) is 31.3. The highest BCUT2D eigenvalue weighted by atomic mass is 79.9. The highest BCUT2D eigenvalue weighted by Crippen LogP contribution is 2.39. The number of ketones is 1. The predicted molar refractivity (Wildman–Crippen MR) is 479 cm³/mol. The Morgan fingerprint density at radius 3 is 1.78 bits per heavy atom. The maximum Gasteiger partial charge on any atom is 0.290 e. The number of halogens is 5. The number of methoxy groups -OCH3 is 2. The summed E-state index contributed by atoms with van der Waals surface area (Å²) in [5, 5.41) is 5.55.